The molecule has 0 spiro atoms. The Labute approximate surface area is 99.7 Å². The van der Waals surface area contributed by atoms with Gasteiger partial charge >= 0.3 is 11.4 Å². The maximum Gasteiger partial charge on any atom is 0.357 e. The largest absolute Gasteiger partial charge is 0.399 e. The Kier molecular flexibility index (Phi) is 3.08. The number of rotatable bonds is 3. The van der Waals surface area contributed by atoms with Crippen LogP contribution >= 0.6 is 0 Å². The first-order chi connectivity index (χ1) is 8.10. The van der Waals surface area contributed by atoms with Gasteiger partial charge in [-0.3, -0.25) is 9.35 Å². The Bertz CT molecular complexity index is 612. The maximum atomic E-state index is 10.7. The highest BCUT2D eigenvalue weighted by Gasteiger charge is 2.08. The van der Waals surface area contributed by atoms with Gasteiger partial charge in [-0.15, -0.1) is 0 Å². The standard InChI is InChI=1S/C11H9NO4S/c12-9-2-1-8-3-7(6-13)4-11(10(8)5-9)16-17(14)15/h1-6H,12H2,(H,14,15). The number of nitrogens with two attached hydrogens (primary N) is 1. The summed E-state index contributed by atoms with van der Waals surface area (Å²) in [6, 6.07) is 8.05. The highest BCUT2D eigenvalue weighted by atomic mass is 32.2. The van der Waals surface area contributed by atoms with Gasteiger partial charge in [-0.2, -0.15) is 4.21 Å². The number of aldehydes is 1. The number of carbonyl (C=O) groups is 1. The Hall–Kier alpha value is -1.92. The minimum atomic E-state index is -2.45. The number of hydrogen-bond acceptors (Lipinski definition) is 4. The van der Waals surface area contributed by atoms with E-state index in [1.807, 2.05) is 0 Å². The van der Waals surface area contributed by atoms with Crippen molar-refractivity contribution in [2.45, 2.75) is 0 Å². The van der Waals surface area contributed by atoms with Crippen LogP contribution in [-0.2, 0) is 11.4 Å². The van der Waals surface area contributed by atoms with Crippen LogP contribution in [0, 0.1) is 0 Å². The van der Waals surface area contributed by atoms with E-state index in [0.717, 1.165) is 0 Å². The second-order valence-electron chi connectivity index (χ2n) is 3.42. The SMILES string of the molecule is Nc1ccc2cc(C=O)cc(OS(=O)O)c2c1. The molecule has 1 unspecified atom stereocenters. The number of benzene rings is 2. The van der Waals surface area contributed by atoms with Crippen LogP contribution in [0.15, 0.2) is 30.3 Å². The molecule has 0 bridgehead atoms. The topological polar surface area (TPSA) is 89.6 Å². The van der Waals surface area contributed by atoms with Crippen LogP contribution in [-0.4, -0.2) is 15.0 Å². The quantitative estimate of drug-likeness (QED) is 0.492. The van der Waals surface area contributed by atoms with Gasteiger partial charge in [0.15, 0.2) is 5.75 Å². The Morgan fingerprint density at radius 2 is 2.06 bits per heavy atom. The van der Waals surface area contributed by atoms with Crippen LogP contribution in [0.3, 0.4) is 0 Å². The molecular weight excluding hydrogens is 242 g/mol. The third kappa shape index (κ3) is 2.43. The van der Waals surface area contributed by atoms with E-state index in [1.54, 1.807) is 24.3 Å². The summed E-state index contributed by atoms with van der Waals surface area (Å²) in [5.41, 5.74) is 6.50. The molecule has 0 heterocycles. The van der Waals surface area contributed by atoms with E-state index in [4.69, 9.17) is 14.5 Å². The molecule has 5 nitrogen and oxygen atoms in total. The summed E-state index contributed by atoms with van der Waals surface area (Å²) in [7, 11) is 0. The molecule has 0 amide bonds. The molecule has 2 aromatic rings. The lowest BCUT2D eigenvalue weighted by Gasteiger charge is -2.07. The summed E-state index contributed by atoms with van der Waals surface area (Å²) in [4.78, 5) is 10.7. The molecule has 0 aliphatic rings. The van der Waals surface area contributed by atoms with E-state index < -0.39 is 11.4 Å². The number of nitrogen functional groups attached to an aromatic ring is 1. The predicted molar refractivity (Wildman–Crippen MR) is 65.1 cm³/mol. The number of hydrogen-bond donors (Lipinski definition) is 2. The van der Waals surface area contributed by atoms with Gasteiger partial charge in [0, 0.05) is 16.6 Å². The lowest BCUT2D eigenvalue weighted by Crippen LogP contribution is -1.99. The third-order valence-corrected chi connectivity index (χ3v) is 2.58. The van der Waals surface area contributed by atoms with Crippen molar-refractivity contribution in [3.8, 4) is 5.75 Å². The van der Waals surface area contributed by atoms with Crippen LogP contribution < -0.4 is 9.92 Å². The number of fused-ring (bicyclic) bond motifs is 1. The Morgan fingerprint density at radius 1 is 1.29 bits per heavy atom. The molecule has 0 saturated heterocycles. The van der Waals surface area contributed by atoms with Crippen molar-refractivity contribution in [2.24, 2.45) is 0 Å². The van der Waals surface area contributed by atoms with Gasteiger partial charge in [-0.25, -0.2) is 0 Å². The Morgan fingerprint density at radius 3 is 2.71 bits per heavy atom. The fraction of sp³-hybridized carbons (Fsp3) is 0. The zero-order valence-corrected chi connectivity index (χ0v) is 9.44. The van der Waals surface area contributed by atoms with E-state index in [2.05, 4.69) is 0 Å². The van der Waals surface area contributed by atoms with Crippen LogP contribution in [0.5, 0.6) is 5.75 Å². The van der Waals surface area contributed by atoms with Gasteiger partial charge < -0.3 is 9.92 Å². The van der Waals surface area contributed by atoms with Crippen molar-refractivity contribution >= 4 is 34.1 Å². The number of anilines is 1. The van der Waals surface area contributed by atoms with Crippen LogP contribution in [0.1, 0.15) is 10.4 Å². The van der Waals surface area contributed by atoms with Crippen molar-refractivity contribution < 1.29 is 17.7 Å². The average Bonchev–Trinajstić information content (AvgIpc) is 2.28. The van der Waals surface area contributed by atoms with Crippen molar-refractivity contribution in [1.82, 2.24) is 0 Å². The molecule has 3 N–H and O–H groups in total. The first-order valence-corrected chi connectivity index (χ1v) is 5.71. The molecular formula is C11H9NO4S. The van der Waals surface area contributed by atoms with Crippen molar-refractivity contribution in [3.05, 3.63) is 35.9 Å². The molecule has 2 rings (SSSR count). The highest BCUT2D eigenvalue weighted by Crippen LogP contribution is 2.29. The summed E-state index contributed by atoms with van der Waals surface area (Å²) in [5.74, 6) is 0.151. The molecule has 0 aliphatic carbocycles. The summed E-state index contributed by atoms with van der Waals surface area (Å²) in [5, 5.41) is 1.29. The number of carbonyl (C=O) groups excluding carboxylic acids is 1. The molecule has 0 aromatic heterocycles. The van der Waals surface area contributed by atoms with Crippen molar-refractivity contribution in [2.75, 3.05) is 5.73 Å². The molecule has 0 saturated carbocycles. The summed E-state index contributed by atoms with van der Waals surface area (Å²) in [6.07, 6.45) is 0.642. The van der Waals surface area contributed by atoms with E-state index in [-0.39, 0.29) is 5.75 Å². The minimum Gasteiger partial charge on any atom is -0.399 e. The predicted octanol–water partition coefficient (Wildman–Crippen LogP) is 1.75. The van der Waals surface area contributed by atoms with Crippen LogP contribution in [0.25, 0.3) is 10.8 Å². The van der Waals surface area contributed by atoms with E-state index >= 15 is 0 Å². The molecule has 0 radical (unpaired) electrons. The second-order valence-corrected chi connectivity index (χ2v) is 4.02. The van der Waals surface area contributed by atoms with E-state index in [1.165, 1.54) is 6.07 Å². The first kappa shape index (κ1) is 11.6. The van der Waals surface area contributed by atoms with Crippen molar-refractivity contribution in [3.63, 3.8) is 0 Å². The molecule has 0 aliphatic heterocycles. The summed E-state index contributed by atoms with van der Waals surface area (Å²) in [6.45, 7) is 0. The fourth-order valence-electron chi connectivity index (χ4n) is 1.58. The van der Waals surface area contributed by atoms with Gasteiger partial charge in [0.05, 0.1) is 0 Å². The van der Waals surface area contributed by atoms with E-state index in [9.17, 15) is 9.00 Å². The van der Waals surface area contributed by atoms with Crippen LogP contribution in [0.4, 0.5) is 5.69 Å². The van der Waals surface area contributed by atoms with Gasteiger partial charge in [0.25, 0.3) is 0 Å². The van der Waals surface area contributed by atoms with Gasteiger partial charge in [-0.1, -0.05) is 6.07 Å². The molecule has 0 fully saturated rings. The average molecular weight is 251 g/mol. The normalized spacial score (nSPS) is 12.3. The fourth-order valence-corrected chi connectivity index (χ4v) is 1.87. The molecule has 2 aromatic carbocycles. The second kappa shape index (κ2) is 4.52. The van der Waals surface area contributed by atoms with Gasteiger partial charge in [0.1, 0.15) is 6.29 Å². The smallest absolute Gasteiger partial charge is 0.357 e. The molecule has 6 heteroatoms. The monoisotopic (exact) mass is 251 g/mol. The molecule has 1 atom stereocenters. The summed E-state index contributed by atoms with van der Waals surface area (Å²) >= 11 is -2.45. The van der Waals surface area contributed by atoms with E-state index in [0.29, 0.717) is 28.3 Å². The van der Waals surface area contributed by atoms with Crippen LogP contribution in [0.2, 0.25) is 0 Å². The zero-order valence-electron chi connectivity index (χ0n) is 8.62. The lowest BCUT2D eigenvalue weighted by atomic mass is 10.1. The lowest BCUT2D eigenvalue weighted by molar-refractivity contribution is 0.112. The highest BCUT2D eigenvalue weighted by molar-refractivity contribution is 7.74. The maximum absolute atomic E-state index is 10.7. The van der Waals surface area contributed by atoms with Crippen molar-refractivity contribution in [1.29, 1.82) is 0 Å². The minimum absolute atomic E-state index is 0.151. The Balaban J connectivity index is 2.71. The zero-order chi connectivity index (χ0) is 12.4. The van der Waals surface area contributed by atoms with Gasteiger partial charge in [0.2, 0.25) is 0 Å². The first-order valence-electron chi connectivity index (χ1n) is 4.68. The third-order valence-electron chi connectivity index (χ3n) is 2.26. The molecule has 88 valence electrons. The molecule has 17 heavy (non-hydrogen) atoms. The summed E-state index contributed by atoms with van der Waals surface area (Å²) < 4.78 is 24.1. The van der Waals surface area contributed by atoms with Gasteiger partial charge in [-0.05, 0) is 29.7 Å².